The highest BCUT2D eigenvalue weighted by Crippen LogP contribution is 2.44. The monoisotopic (exact) mass is 797 g/mol. The van der Waals surface area contributed by atoms with Crippen molar-refractivity contribution in [2.24, 2.45) is 0 Å². The van der Waals surface area contributed by atoms with Crippen LogP contribution in [0.15, 0.2) is 73.2 Å². The zero-order valence-electron chi connectivity index (χ0n) is 33.9. The third-order valence-corrected chi connectivity index (χ3v) is 20.7. The molecule has 15 heteroatoms. The van der Waals surface area contributed by atoms with Crippen LogP contribution in [0.4, 0.5) is 0 Å². The van der Waals surface area contributed by atoms with Crippen LogP contribution < -0.4 is 5.01 Å². The maximum atomic E-state index is 11.9. The molecule has 0 aliphatic carbocycles. The van der Waals surface area contributed by atoms with E-state index in [2.05, 4.69) is 126 Å². The smallest absolute Gasteiger partial charge is 0.264 e. The predicted molar refractivity (Wildman–Crippen MR) is 217 cm³/mol. The van der Waals surface area contributed by atoms with Crippen LogP contribution in [0, 0.1) is 0 Å². The maximum absolute atomic E-state index is 11.9. The number of hydrogen-bond donors (Lipinski definition) is 0. The van der Waals surface area contributed by atoms with Gasteiger partial charge in [0.2, 0.25) is 0 Å². The van der Waals surface area contributed by atoms with Crippen molar-refractivity contribution in [3.05, 3.63) is 90.1 Å². The Morgan fingerprint density at radius 1 is 0.852 bits per heavy atom. The van der Waals surface area contributed by atoms with Crippen molar-refractivity contribution in [2.45, 2.75) is 115 Å². The number of rotatable bonds is 15. The molecule has 1 aliphatic rings. The molecule has 4 aromatic rings. The number of nitrogens with zero attached hydrogens (tertiary/aromatic N) is 5. The Kier molecular flexibility index (Phi) is 12.6. The summed E-state index contributed by atoms with van der Waals surface area (Å²) < 4.78 is 58.6. The van der Waals surface area contributed by atoms with Gasteiger partial charge in [-0.3, -0.25) is 9.19 Å². The van der Waals surface area contributed by atoms with E-state index >= 15 is 0 Å². The van der Waals surface area contributed by atoms with E-state index in [-0.39, 0.29) is 28.4 Å². The molecule has 1 aliphatic heterocycles. The van der Waals surface area contributed by atoms with E-state index in [0.29, 0.717) is 24.3 Å². The number of hydrogen-bond acceptors (Lipinski definition) is 11. The summed E-state index contributed by atoms with van der Waals surface area (Å²) in [5.41, 5.74) is 3.25. The molecule has 54 heavy (non-hydrogen) atoms. The Hall–Kier alpha value is -3.03. The first-order valence-electron chi connectivity index (χ1n) is 18.5. The molecule has 296 valence electrons. The molecule has 0 bridgehead atoms. The fourth-order valence-corrected chi connectivity index (χ4v) is 9.00. The molecule has 0 amide bonds. The van der Waals surface area contributed by atoms with E-state index in [0.717, 1.165) is 17.4 Å². The summed E-state index contributed by atoms with van der Waals surface area (Å²) in [6.45, 7) is 22.9. The lowest BCUT2D eigenvalue weighted by atomic mass is 9.91. The summed E-state index contributed by atoms with van der Waals surface area (Å²) in [6.07, 6.45) is 2.22. The molecule has 2 aromatic carbocycles. The first-order valence-corrected chi connectivity index (χ1v) is 26.2. The Labute approximate surface area is 323 Å². The van der Waals surface area contributed by atoms with Crippen LogP contribution in [0.25, 0.3) is 11.2 Å². The van der Waals surface area contributed by atoms with Crippen LogP contribution in [0.5, 0.6) is 0 Å². The second kappa shape index (κ2) is 16.2. The minimum atomic E-state index is -3.73. The summed E-state index contributed by atoms with van der Waals surface area (Å²) in [4.78, 5) is 13.9. The Bertz CT molecular complexity index is 1910. The average Bonchev–Trinajstić information content (AvgIpc) is 3.64. The molecule has 5 rings (SSSR count). The molecular formula is C39H59N5O7SSi2. The van der Waals surface area contributed by atoms with E-state index in [1.807, 2.05) is 16.8 Å². The van der Waals surface area contributed by atoms with Gasteiger partial charge < -0.3 is 18.3 Å². The molecule has 3 heterocycles. The van der Waals surface area contributed by atoms with Crippen LogP contribution in [0.3, 0.4) is 0 Å². The minimum Gasteiger partial charge on any atom is -0.408 e. The molecule has 0 saturated carbocycles. The van der Waals surface area contributed by atoms with Crippen molar-refractivity contribution in [2.75, 3.05) is 31.5 Å². The molecular weight excluding hydrogens is 739 g/mol. The average molecular weight is 798 g/mol. The lowest BCUT2D eigenvalue weighted by molar-refractivity contribution is -0.0371. The van der Waals surface area contributed by atoms with Crippen molar-refractivity contribution in [3.8, 4) is 0 Å². The third-order valence-electron chi connectivity index (χ3n) is 11.2. The van der Waals surface area contributed by atoms with Crippen molar-refractivity contribution in [3.63, 3.8) is 0 Å². The fourth-order valence-electron chi connectivity index (χ4n) is 6.07. The zero-order chi connectivity index (χ0) is 39.7. The van der Waals surface area contributed by atoms with Crippen LogP contribution >= 0.6 is 0 Å². The van der Waals surface area contributed by atoms with Crippen molar-refractivity contribution in [1.82, 2.24) is 19.6 Å². The van der Waals surface area contributed by atoms with E-state index in [1.54, 1.807) is 19.6 Å². The van der Waals surface area contributed by atoms with Gasteiger partial charge in [-0.2, -0.15) is 8.42 Å². The molecule has 1 saturated heterocycles. The highest BCUT2D eigenvalue weighted by Gasteiger charge is 2.55. The Morgan fingerprint density at radius 2 is 1.39 bits per heavy atom. The van der Waals surface area contributed by atoms with Crippen LogP contribution in [-0.4, -0.2) is 95.7 Å². The molecule has 0 N–H and O–H groups in total. The lowest BCUT2D eigenvalue weighted by Gasteiger charge is -2.45. The largest absolute Gasteiger partial charge is 0.408 e. The molecule has 4 atom stereocenters. The summed E-state index contributed by atoms with van der Waals surface area (Å²) in [6, 6.07) is 20.8. The van der Waals surface area contributed by atoms with Gasteiger partial charge in [0, 0.05) is 19.6 Å². The van der Waals surface area contributed by atoms with Crippen molar-refractivity contribution in [1.29, 1.82) is 0 Å². The lowest BCUT2D eigenvalue weighted by Crippen LogP contribution is -2.58. The highest BCUT2D eigenvalue weighted by atomic mass is 32.2. The maximum Gasteiger partial charge on any atom is 0.264 e. The normalized spacial score (nSPS) is 20.2. The minimum absolute atomic E-state index is 0.0719. The molecule has 2 aromatic heterocycles. The molecule has 0 unspecified atom stereocenters. The van der Waals surface area contributed by atoms with Crippen LogP contribution in [-0.2, 0) is 39.2 Å². The summed E-state index contributed by atoms with van der Waals surface area (Å²) in [5.74, 6) is 0.0909. The van der Waals surface area contributed by atoms with E-state index in [9.17, 15) is 8.42 Å². The fraction of sp³-hybridized carbons (Fsp3) is 0.564. The number of ether oxygens (including phenoxy) is 2. The van der Waals surface area contributed by atoms with E-state index < -0.39 is 51.3 Å². The molecule has 1 fully saturated rings. The third kappa shape index (κ3) is 9.67. The van der Waals surface area contributed by atoms with Gasteiger partial charge in [0.1, 0.15) is 36.8 Å². The number of benzene rings is 2. The molecule has 12 nitrogen and oxygen atoms in total. The van der Waals surface area contributed by atoms with Crippen molar-refractivity contribution < 1.29 is 30.9 Å². The summed E-state index contributed by atoms with van der Waals surface area (Å²) >= 11 is 0. The zero-order valence-corrected chi connectivity index (χ0v) is 36.8. The number of fused-ring (bicyclic) bond motifs is 1. The van der Waals surface area contributed by atoms with E-state index in [4.69, 9.17) is 32.5 Å². The van der Waals surface area contributed by atoms with Gasteiger partial charge in [-0.15, -0.1) is 0 Å². The van der Waals surface area contributed by atoms with Crippen molar-refractivity contribution >= 4 is 37.9 Å². The number of imidazole rings is 1. The standard InChI is InChI=1S/C39H59N5O7SSi2/c1-38(2,3)53(9,10)50-34-32(25-47-7)49-37(35(34)51-54(11,12)39(4,5)6)43(24-30(28-19-15-13-16-20-28)29-21-17-14-18-22-29)44-27-41-31-23-40-33(42-36(31)44)26-48-52(8,45)46/h13-23,27,30,32,34-35,37H,24-26H2,1-12H3/t32-,34-,35+,37-/m1/s1. The quantitative estimate of drug-likeness (QED) is 0.0894. The highest BCUT2D eigenvalue weighted by molar-refractivity contribution is 7.85. The summed E-state index contributed by atoms with van der Waals surface area (Å²) in [7, 11) is -6.87. The molecule has 0 spiro atoms. The van der Waals surface area contributed by atoms with Gasteiger partial charge in [-0.1, -0.05) is 102 Å². The van der Waals surface area contributed by atoms with Gasteiger partial charge in [-0.25, -0.2) is 19.6 Å². The topological polar surface area (TPSA) is 127 Å². The number of methoxy groups -OCH3 is 1. The van der Waals surface area contributed by atoms with Gasteiger partial charge in [0.15, 0.2) is 34.3 Å². The summed E-state index contributed by atoms with van der Waals surface area (Å²) in [5, 5.41) is 1.96. The Morgan fingerprint density at radius 3 is 1.89 bits per heavy atom. The van der Waals surface area contributed by atoms with Crippen LogP contribution in [0.2, 0.25) is 36.3 Å². The SMILES string of the molecule is COC[C@H]1O[C@@H](N(CC(c2ccccc2)c2ccccc2)n2cnc3cnc(COS(C)(=O)=O)nc32)[C@@H](O[Si](C)(C)C(C)(C)C)[C@@H]1O[Si](C)(C)C(C)(C)C. The van der Waals surface area contributed by atoms with Crippen LogP contribution in [0.1, 0.15) is 64.4 Å². The second-order valence-corrected chi connectivity index (χ2v) is 28.4. The van der Waals surface area contributed by atoms with E-state index in [1.165, 1.54) is 0 Å². The number of aromatic nitrogens is 4. The second-order valence-electron chi connectivity index (χ2n) is 17.3. The predicted octanol–water partition coefficient (Wildman–Crippen LogP) is 7.22. The molecule has 0 radical (unpaired) electrons. The van der Waals surface area contributed by atoms with Gasteiger partial charge in [0.25, 0.3) is 10.1 Å². The first-order chi connectivity index (χ1) is 25.1. The first kappa shape index (κ1) is 42.1. The van der Waals surface area contributed by atoms with Gasteiger partial charge >= 0.3 is 0 Å². The van der Waals surface area contributed by atoms with Gasteiger partial charge in [-0.05, 0) is 47.4 Å². The van der Waals surface area contributed by atoms with Gasteiger partial charge in [0.05, 0.1) is 19.1 Å². The Balaban J connectivity index is 1.74.